The molecule has 2 rings (SSSR count). The van der Waals surface area contributed by atoms with Crippen LogP contribution in [-0.4, -0.2) is 23.7 Å². The Balaban J connectivity index is 1.88. The van der Waals surface area contributed by atoms with Crippen LogP contribution in [0, 0.1) is 5.92 Å². The fraction of sp³-hybridized carbons (Fsp3) is 0.692. The maximum Gasteiger partial charge on any atom is 0.394 e. The number of hydrogen-bond acceptors (Lipinski definition) is 5. The van der Waals surface area contributed by atoms with Crippen molar-refractivity contribution < 1.29 is 18.7 Å². The highest BCUT2D eigenvalue weighted by Crippen LogP contribution is 2.26. The van der Waals surface area contributed by atoms with E-state index in [9.17, 15) is 4.79 Å². The Morgan fingerprint density at radius 3 is 2.83 bits per heavy atom. The normalized spacial score (nSPS) is 23.7. The highest BCUT2D eigenvalue weighted by Gasteiger charge is 2.22. The average Bonchev–Trinajstić information content (AvgIpc) is 2.81. The van der Waals surface area contributed by atoms with Gasteiger partial charge in [0.15, 0.2) is 5.69 Å². The minimum Gasteiger partial charge on any atom is -0.461 e. The van der Waals surface area contributed by atoms with Crippen molar-refractivity contribution in [3.8, 4) is 6.08 Å². The van der Waals surface area contributed by atoms with Crippen molar-refractivity contribution in [3.63, 3.8) is 0 Å². The topological polar surface area (TPSA) is 61.6 Å². The van der Waals surface area contributed by atoms with Crippen molar-refractivity contribution in [3.05, 3.63) is 12.0 Å². The van der Waals surface area contributed by atoms with Gasteiger partial charge in [0.1, 0.15) is 12.4 Å². The average molecular weight is 253 g/mol. The molecule has 0 N–H and O–H groups in total. The van der Waals surface area contributed by atoms with Crippen molar-refractivity contribution in [2.24, 2.45) is 5.92 Å². The number of rotatable bonds is 4. The molecule has 100 valence electrons. The van der Waals surface area contributed by atoms with Gasteiger partial charge in [-0.2, -0.15) is 4.98 Å². The zero-order valence-electron chi connectivity index (χ0n) is 10.8. The molecule has 1 aromatic heterocycles. The second-order valence-electron chi connectivity index (χ2n) is 4.72. The Morgan fingerprint density at radius 2 is 2.17 bits per heavy atom. The maximum atomic E-state index is 11.4. The van der Waals surface area contributed by atoms with Gasteiger partial charge in [0.2, 0.25) is 0 Å². The molecule has 1 aromatic rings. The number of ether oxygens (including phenoxy) is 2. The molecular formula is C13H19NO4. The standard InChI is InChI=1S/C13H19NO4/c1-3-16-12(15)11-8-17-13(14-11)18-10-6-4-9(2)5-7-10/h8-10H,3-7H2,1-2H3. The first kappa shape index (κ1) is 12.9. The summed E-state index contributed by atoms with van der Waals surface area (Å²) in [5.41, 5.74) is 0.163. The zero-order valence-corrected chi connectivity index (χ0v) is 10.8. The van der Waals surface area contributed by atoms with Crippen LogP contribution < -0.4 is 4.74 Å². The Bertz CT molecular complexity index is 393. The summed E-state index contributed by atoms with van der Waals surface area (Å²) < 4.78 is 15.6. The first-order valence-electron chi connectivity index (χ1n) is 6.48. The van der Waals surface area contributed by atoms with Gasteiger partial charge < -0.3 is 13.9 Å². The molecule has 0 unspecified atom stereocenters. The van der Waals surface area contributed by atoms with Crippen LogP contribution in [0.1, 0.15) is 50.0 Å². The number of esters is 1. The van der Waals surface area contributed by atoms with E-state index in [2.05, 4.69) is 11.9 Å². The fourth-order valence-corrected chi connectivity index (χ4v) is 2.10. The third-order valence-corrected chi connectivity index (χ3v) is 3.20. The molecule has 1 saturated carbocycles. The van der Waals surface area contributed by atoms with Crippen LogP contribution in [0.5, 0.6) is 6.08 Å². The largest absolute Gasteiger partial charge is 0.461 e. The molecule has 0 bridgehead atoms. The summed E-state index contributed by atoms with van der Waals surface area (Å²) in [7, 11) is 0. The molecule has 5 nitrogen and oxygen atoms in total. The Labute approximate surface area is 106 Å². The second kappa shape index (κ2) is 5.89. The van der Waals surface area contributed by atoms with Gasteiger partial charge in [-0.25, -0.2) is 4.79 Å². The van der Waals surface area contributed by atoms with E-state index in [1.165, 1.54) is 6.26 Å². The van der Waals surface area contributed by atoms with Crippen molar-refractivity contribution in [2.45, 2.75) is 45.6 Å². The van der Waals surface area contributed by atoms with Gasteiger partial charge in [-0.15, -0.1) is 0 Å². The summed E-state index contributed by atoms with van der Waals surface area (Å²) in [5.74, 6) is 0.290. The van der Waals surface area contributed by atoms with Crippen molar-refractivity contribution >= 4 is 5.97 Å². The van der Waals surface area contributed by atoms with Crippen LogP contribution >= 0.6 is 0 Å². The van der Waals surface area contributed by atoms with Gasteiger partial charge in [-0.3, -0.25) is 0 Å². The van der Waals surface area contributed by atoms with E-state index < -0.39 is 5.97 Å². The number of oxazole rings is 1. The number of carbonyl (C=O) groups is 1. The molecule has 0 amide bonds. The third kappa shape index (κ3) is 3.24. The summed E-state index contributed by atoms with van der Waals surface area (Å²) in [4.78, 5) is 15.4. The first-order valence-corrected chi connectivity index (χ1v) is 6.48. The smallest absolute Gasteiger partial charge is 0.394 e. The molecule has 0 aliphatic heterocycles. The van der Waals surface area contributed by atoms with Crippen molar-refractivity contribution in [2.75, 3.05) is 6.61 Å². The lowest BCUT2D eigenvalue weighted by atomic mass is 9.89. The van der Waals surface area contributed by atoms with E-state index in [1.807, 2.05) is 0 Å². The molecule has 0 radical (unpaired) electrons. The van der Waals surface area contributed by atoms with E-state index in [0.717, 1.165) is 31.6 Å². The minimum atomic E-state index is -0.478. The summed E-state index contributed by atoms with van der Waals surface area (Å²) in [6, 6.07) is 0. The lowest BCUT2D eigenvalue weighted by Crippen LogP contribution is -2.23. The number of hydrogen-bond donors (Lipinski definition) is 0. The summed E-state index contributed by atoms with van der Waals surface area (Å²) in [5, 5.41) is 0. The van der Waals surface area contributed by atoms with Crippen LogP contribution in [0.4, 0.5) is 0 Å². The monoisotopic (exact) mass is 253 g/mol. The molecular weight excluding hydrogens is 234 g/mol. The molecule has 18 heavy (non-hydrogen) atoms. The predicted octanol–water partition coefficient (Wildman–Crippen LogP) is 2.81. The molecule has 1 aliphatic rings. The Kier molecular flexibility index (Phi) is 4.23. The van der Waals surface area contributed by atoms with Crippen LogP contribution in [0.25, 0.3) is 0 Å². The molecule has 0 aromatic carbocycles. The van der Waals surface area contributed by atoms with Crippen LogP contribution in [-0.2, 0) is 4.74 Å². The lowest BCUT2D eigenvalue weighted by Gasteiger charge is -2.25. The Morgan fingerprint density at radius 1 is 1.44 bits per heavy atom. The van der Waals surface area contributed by atoms with E-state index in [0.29, 0.717) is 6.61 Å². The van der Waals surface area contributed by atoms with Gasteiger partial charge in [-0.05, 0) is 38.5 Å². The molecule has 0 spiro atoms. The summed E-state index contributed by atoms with van der Waals surface area (Å²) in [6.07, 6.45) is 5.94. The molecule has 0 saturated heterocycles. The number of carbonyl (C=O) groups excluding carboxylic acids is 1. The second-order valence-corrected chi connectivity index (χ2v) is 4.72. The van der Waals surface area contributed by atoms with Crippen LogP contribution in [0.3, 0.4) is 0 Å². The first-order chi connectivity index (χ1) is 8.69. The van der Waals surface area contributed by atoms with Crippen LogP contribution in [0.2, 0.25) is 0 Å². The highest BCUT2D eigenvalue weighted by molar-refractivity contribution is 5.86. The fourth-order valence-electron chi connectivity index (χ4n) is 2.10. The van der Waals surface area contributed by atoms with Gasteiger partial charge in [0.05, 0.1) is 6.61 Å². The van der Waals surface area contributed by atoms with Crippen LogP contribution in [0.15, 0.2) is 10.7 Å². The third-order valence-electron chi connectivity index (χ3n) is 3.20. The van der Waals surface area contributed by atoms with Crippen molar-refractivity contribution in [1.82, 2.24) is 4.98 Å². The van der Waals surface area contributed by atoms with Gasteiger partial charge in [0.25, 0.3) is 0 Å². The Hall–Kier alpha value is -1.52. The highest BCUT2D eigenvalue weighted by atomic mass is 16.6. The summed E-state index contributed by atoms with van der Waals surface area (Å²) in [6.45, 7) is 4.32. The van der Waals surface area contributed by atoms with Gasteiger partial charge in [0, 0.05) is 0 Å². The number of nitrogens with zero attached hydrogens (tertiary/aromatic N) is 1. The maximum absolute atomic E-state index is 11.4. The quantitative estimate of drug-likeness (QED) is 0.772. The van der Waals surface area contributed by atoms with E-state index >= 15 is 0 Å². The molecule has 1 fully saturated rings. The zero-order chi connectivity index (χ0) is 13.0. The molecule has 5 heteroatoms. The molecule has 0 atom stereocenters. The SMILES string of the molecule is CCOC(=O)c1coc(OC2CCC(C)CC2)n1. The van der Waals surface area contributed by atoms with Gasteiger partial charge in [-0.1, -0.05) is 6.92 Å². The minimum absolute atomic E-state index is 0.148. The lowest BCUT2D eigenvalue weighted by molar-refractivity contribution is 0.0518. The van der Waals surface area contributed by atoms with E-state index in [-0.39, 0.29) is 17.9 Å². The van der Waals surface area contributed by atoms with Gasteiger partial charge >= 0.3 is 12.0 Å². The van der Waals surface area contributed by atoms with E-state index in [4.69, 9.17) is 13.9 Å². The molecule has 1 aliphatic carbocycles. The summed E-state index contributed by atoms with van der Waals surface area (Å²) >= 11 is 0. The number of aromatic nitrogens is 1. The predicted molar refractivity (Wildman–Crippen MR) is 64.5 cm³/mol. The molecule has 1 heterocycles. The van der Waals surface area contributed by atoms with E-state index in [1.54, 1.807) is 6.92 Å². The van der Waals surface area contributed by atoms with Crippen molar-refractivity contribution in [1.29, 1.82) is 0 Å².